The topological polar surface area (TPSA) is 59.1 Å². The number of benzene rings is 2. The standard InChI is InChI=1S/C21H22ClFN2O4/c1-14(29-17-6-4-16(28-2)5-7-17)20(26)24-9-11-25(12-10-24)21(27)18-8-3-15(23)13-19(18)22/h3-8,13-14H,9-12H2,1-2H3. The Morgan fingerprint density at radius 2 is 1.59 bits per heavy atom. The van der Waals surface area contributed by atoms with Crippen LogP contribution in [0.25, 0.3) is 0 Å². The maximum Gasteiger partial charge on any atom is 0.263 e. The molecule has 8 heteroatoms. The minimum absolute atomic E-state index is 0.0787. The van der Waals surface area contributed by atoms with E-state index in [0.29, 0.717) is 37.7 Å². The minimum Gasteiger partial charge on any atom is -0.497 e. The predicted octanol–water partition coefficient (Wildman–Crippen LogP) is 3.24. The zero-order chi connectivity index (χ0) is 21.0. The molecule has 0 bridgehead atoms. The maximum absolute atomic E-state index is 13.2. The molecule has 29 heavy (non-hydrogen) atoms. The van der Waals surface area contributed by atoms with Gasteiger partial charge in [0.15, 0.2) is 6.10 Å². The Kier molecular flexibility index (Phi) is 6.59. The number of ether oxygens (including phenoxy) is 2. The van der Waals surface area contributed by atoms with Crippen molar-refractivity contribution in [3.63, 3.8) is 0 Å². The van der Waals surface area contributed by atoms with E-state index in [1.54, 1.807) is 48.1 Å². The van der Waals surface area contributed by atoms with Crippen molar-refractivity contribution in [3.8, 4) is 11.5 Å². The number of piperazine rings is 1. The molecule has 2 aromatic rings. The van der Waals surface area contributed by atoms with E-state index < -0.39 is 11.9 Å². The molecule has 3 rings (SSSR count). The molecule has 2 amide bonds. The van der Waals surface area contributed by atoms with Gasteiger partial charge >= 0.3 is 0 Å². The van der Waals surface area contributed by atoms with E-state index in [2.05, 4.69) is 0 Å². The van der Waals surface area contributed by atoms with Crippen molar-refractivity contribution < 1.29 is 23.5 Å². The number of nitrogens with zero attached hydrogens (tertiary/aromatic N) is 2. The average Bonchev–Trinajstić information content (AvgIpc) is 2.73. The highest BCUT2D eigenvalue weighted by Gasteiger charge is 2.29. The first-order chi connectivity index (χ1) is 13.9. The average molecular weight is 421 g/mol. The predicted molar refractivity (Wildman–Crippen MR) is 107 cm³/mol. The van der Waals surface area contributed by atoms with Crippen molar-refractivity contribution in [2.24, 2.45) is 0 Å². The molecule has 1 aliphatic heterocycles. The van der Waals surface area contributed by atoms with Crippen molar-refractivity contribution in [2.45, 2.75) is 13.0 Å². The first kappa shape index (κ1) is 20.9. The van der Waals surface area contributed by atoms with E-state index in [1.807, 2.05) is 0 Å². The monoisotopic (exact) mass is 420 g/mol. The molecule has 0 aromatic heterocycles. The van der Waals surface area contributed by atoms with Crippen LogP contribution in [0, 0.1) is 5.82 Å². The summed E-state index contributed by atoms with van der Waals surface area (Å²) < 4.78 is 24.0. The van der Waals surface area contributed by atoms with Crippen LogP contribution in [0.2, 0.25) is 5.02 Å². The lowest BCUT2D eigenvalue weighted by Gasteiger charge is -2.36. The molecular formula is C21H22ClFN2O4. The number of rotatable bonds is 5. The normalized spacial score (nSPS) is 15.0. The van der Waals surface area contributed by atoms with Gasteiger partial charge in [0.2, 0.25) is 0 Å². The van der Waals surface area contributed by atoms with Crippen LogP contribution in [0.4, 0.5) is 4.39 Å². The number of hydrogen-bond donors (Lipinski definition) is 0. The summed E-state index contributed by atoms with van der Waals surface area (Å²) in [6, 6.07) is 10.7. The van der Waals surface area contributed by atoms with Gasteiger partial charge in [-0.3, -0.25) is 9.59 Å². The number of methoxy groups -OCH3 is 1. The maximum atomic E-state index is 13.2. The van der Waals surface area contributed by atoms with Gasteiger partial charge in [0.25, 0.3) is 11.8 Å². The number of hydrogen-bond acceptors (Lipinski definition) is 4. The second kappa shape index (κ2) is 9.13. The molecule has 0 spiro atoms. The Labute approximate surface area is 173 Å². The fourth-order valence-corrected chi connectivity index (χ4v) is 3.38. The van der Waals surface area contributed by atoms with E-state index in [9.17, 15) is 14.0 Å². The first-order valence-corrected chi connectivity index (χ1v) is 9.60. The highest BCUT2D eigenvalue weighted by Crippen LogP contribution is 2.21. The molecular weight excluding hydrogens is 399 g/mol. The molecule has 0 N–H and O–H groups in total. The van der Waals surface area contributed by atoms with Gasteiger partial charge in [-0.1, -0.05) is 11.6 Å². The Balaban J connectivity index is 1.55. The summed E-state index contributed by atoms with van der Waals surface area (Å²) in [5, 5.41) is 0.0787. The van der Waals surface area contributed by atoms with Gasteiger partial charge in [0, 0.05) is 26.2 Å². The van der Waals surface area contributed by atoms with Crippen LogP contribution >= 0.6 is 11.6 Å². The second-order valence-electron chi connectivity index (χ2n) is 6.68. The molecule has 1 heterocycles. The highest BCUT2D eigenvalue weighted by molar-refractivity contribution is 6.33. The van der Waals surface area contributed by atoms with E-state index in [0.717, 1.165) is 6.07 Å². The summed E-state index contributed by atoms with van der Waals surface area (Å²) >= 11 is 5.98. The zero-order valence-corrected chi connectivity index (χ0v) is 17.0. The number of carbonyl (C=O) groups excluding carboxylic acids is 2. The van der Waals surface area contributed by atoms with Crippen molar-refractivity contribution in [1.29, 1.82) is 0 Å². The Morgan fingerprint density at radius 3 is 2.17 bits per heavy atom. The van der Waals surface area contributed by atoms with Gasteiger partial charge in [0.05, 0.1) is 17.7 Å². The Bertz CT molecular complexity index is 883. The summed E-state index contributed by atoms with van der Waals surface area (Å²) in [5.41, 5.74) is 0.254. The van der Waals surface area contributed by atoms with Crippen molar-refractivity contribution >= 4 is 23.4 Å². The Hall–Kier alpha value is -2.80. The third-order valence-electron chi connectivity index (χ3n) is 4.76. The molecule has 6 nitrogen and oxygen atoms in total. The summed E-state index contributed by atoms with van der Waals surface area (Å²) in [6.45, 7) is 3.21. The van der Waals surface area contributed by atoms with Crippen molar-refractivity contribution in [3.05, 3.63) is 58.9 Å². The van der Waals surface area contributed by atoms with Gasteiger partial charge in [-0.05, 0) is 49.4 Å². The molecule has 1 saturated heterocycles. The van der Waals surface area contributed by atoms with E-state index in [-0.39, 0.29) is 22.4 Å². The van der Waals surface area contributed by atoms with Gasteiger partial charge in [-0.2, -0.15) is 0 Å². The molecule has 0 saturated carbocycles. The van der Waals surface area contributed by atoms with E-state index in [1.165, 1.54) is 12.1 Å². The molecule has 1 fully saturated rings. The molecule has 154 valence electrons. The molecule has 1 atom stereocenters. The fraction of sp³-hybridized carbons (Fsp3) is 0.333. The molecule has 2 aromatic carbocycles. The van der Waals surface area contributed by atoms with Crippen LogP contribution in [0.3, 0.4) is 0 Å². The van der Waals surface area contributed by atoms with Crippen LogP contribution in [0.15, 0.2) is 42.5 Å². The minimum atomic E-state index is -0.655. The fourth-order valence-electron chi connectivity index (χ4n) is 3.13. The van der Waals surface area contributed by atoms with Crippen molar-refractivity contribution in [1.82, 2.24) is 9.80 Å². The lowest BCUT2D eigenvalue weighted by Crippen LogP contribution is -2.53. The van der Waals surface area contributed by atoms with Crippen LogP contribution in [-0.2, 0) is 4.79 Å². The zero-order valence-electron chi connectivity index (χ0n) is 16.2. The molecule has 0 aliphatic carbocycles. The summed E-state index contributed by atoms with van der Waals surface area (Å²) in [6.07, 6.45) is -0.655. The largest absolute Gasteiger partial charge is 0.497 e. The van der Waals surface area contributed by atoms with E-state index in [4.69, 9.17) is 21.1 Å². The van der Waals surface area contributed by atoms with Gasteiger partial charge in [-0.15, -0.1) is 0 Å². The number of amides is 2. The third-order valence-corrected chi connectivity index (χ3v) is 5.07. The lowest BCUT2D eigenvalue weighted by molar-refractivity contribution is -0.139. The van der Waals surface area contributed by atoms with Crippen LogP contribution < -0.4 is 9.47 Å². The summed E-state index contributed by atoms with van der Waals surface area (Å²) in [4.78, 5) is 28.6. The lowest BCUT2D eigenvalue weighted by atomic mass is 10.1. The molecule has 1 aliphatic rings. The van der Waals surface area contributed by atoms with Crippen LogP contribution in [-0.4, -0.2) is 61.0 Å². The molecule has 0 radical (unpaired) electrons. The Morgan fingerprint density at radius 1 is 1.00 bits per heavy atom. The summed E-state index contributed by atoms with van der Waals surface area (Å²) in [7, 11) is 1.58. The van der Waals surface area contributed by atoms with Gasteiger partial charge < -0.3 is 19.3 Å². The third kappa shape index (κ3) is 4.98. The van der Waals surface area contributed by atoms with Crippen molar-refractivity contribution in [2.75, 3.05) is 33.3 Å². The van der Waals surface area contributed by atoms with Crippen LogP contribution in [0.5, 0.6) is 11.5 Å². The summed E-state index contributed by atoms with van der Waals surface area (Å²) in [5.74, 6) is 0.370. The van der Waals surface area contributed by atoms with Gasteiger partial charge in [0.1, 0.15) is 17.3 Å². The highest BCUT2D eigenvalue weighted by atomic mass is 35.5. The number of halogens is 2. The smallest absolute Gasteiger partial charge is 0.263 e. The first-order valence-electron chi connectivity index (χ1n) is 9.23. The SMILES string of the molecule is COc1ccc(OC(C)C(=O)N2CCN(C(=O)c3ccc(F)cc3Cl)CC2)cc1. The van der Waals surface area contributed by atoms with E-state index >= 15 is 0 Å². The molecule has 1 unspecified atom stereocenters. The van der Waals surface area contributed by atoms with Crippen LogP contribution in [0.1, 0.15) is 17.3 Å². The number of carbonyl (C=O) groups is 2. The van der Waals surface area contributed by atoms with Gasteiger partial charge in [-0.25, -0.2) is 4.39 Å². The second-order valence-corrected chi connectivity index (χ2v) is 7.08. The quantitative estimate of drug-likeness (QED) is 0.745.